The van der Waals surface area contributed by atoms with Crippen LogP contribution in [0.4, 0.5) is 28.8 Å². The molecule has 0 amide bonds. The highest BCUT2D eigenvalue weighted by atomic mass is 79.9. The number of halogens is 1. The van der Waals surface area contributed by atoms with Crippen LogP contribution in [-0.4, -0.2) is 65.9 Å². The van der Waals surface area contributed by atoms with Gasteiger partial charge in [-0.1, -0.05) is 30.3 Å². The van der Waals surface area contributed by atoms with Crippen molar-refractivity contribution in [2.45, 2.75) is 6.92 Å². The molecule has 5 aromatic rings. The molecule has 44 heavy (non-hydrogen) atoms. The summed E-state index contributed by atoms with van der Waals surface area (Å²) < 4.78 is 22.1. The highest BCUT2D eigenvalue weighted by molar-refractivity contribution is 9.10. The van der Waals surface area contributed by atoms with Gasteiger partial charge in [-0.2, -0.15) is 10.1 Å². The van der Waals surface area contributed by atoms with E-state index >= 15 is 0 Å². The maximum absolute atomic E-state index is 13.5. The zero-order chi connectivity index (χ0) is 30.8. The van der Waals surface area contributed by atoms with Crippen molar-refractivity contribution in [3.05, 3.63) is 71.6 Å². The summed E-state index contributed by atoms with van der Waals surface area (Å²) in [6.45, 7) is 9.71. The van der Waals surface area contributed by atoms with Crippen LogP contribution in [0.1, 0.15) is 6.92 Å². The largest absolute Gasteiger partial charge is 0.492 e. The Kier molecular flexibility index (Phi) is 8.62. The third-order valence-corrected chi connectivity index (χ3v) is 9.69. The third kappa shape index (κ3) is 6.31. The highest BCUT2D eigenvalue weighted by Crippen LogP contribution is 2.43. The number of hydrogen-bond acceptors (Lipinski definition) is 9. The van der Waals surface area contributed by atoms with Crippen molar-refractivity contribution in [3.63, 3.8) is 0 Å². The standard InChI is InChI=1S/C32H36BrN8O2P/c1-5-43-29-17-28(41-14-12-34-13-15-41)24(22-18-36-40(2)20-22)16-27(29)38-32-35-19-25(33)31(39-32)37-26-11-10-21-8-6-7-9-23(21)30(26)44(3,4)42/h6-11,16-20,34H,5,12-15H2,1-4H3,(H2,35,37,38,39). The van der Waals surface area contributed by atoms with E-state index in [1.54, 1.807) is 19.5 Å². The molecule has 228 valence electrons. The second-order valence-electron chi connectivity index (χ2n) is 11.1. The molecular formula is C32H36BrN8O2P. The van der Waals surface area contributed by atoms with Crippen LogP contribution in [0.2, 0.25) is 0 Å². The van der Waals surface area contributed by atoms with Gasteiger partial charge in [0.15, 0.2) is 0 Å². The summed E-state index contributed by atoms with van der Waals surface area (Å²) in [5.74, 6) is 1.65. The molecule has 0 radical (unpaired) electrons. The molecule has 3 aromatic carbocycles. The molecular weight excluding hydrogens is 639 g/mol. The van der Waals surface area contributed by atoms with Gasteiger partial charge in [-0.25, -0.2) is 4.98 Å². The first-order valence-electron chi connectivity index (χ1n) is 14.6. The fourth-order valence-electron chi connectivity index (χ4n) is 5.60. The Bertz CT molecular complexity index is 1870. The lowest BCUT2D eigenvalue weighted by atomic mass is 10.0. The van der Waals surface area contributed by atoms with Crippen LogP contribution < -0.4 is 30.9 Å². The van der Waals surface area contributed by atoms with Gasteiger partial charge in [0.25, 0.3) is 0 Å². The lowest BCUT2D eigenvalue weighted by Gasteiger charge is -2.32. The minimum atomic E-state index is -2.65. The Hall–Kier alpha value is -3.92. The molecule has 1 saturated heterocycles. The first-order valence-corrected chi connectivity index (χ1v) is 18.0. The number of rotatable bonds is 9. The van der Waals surface area contributed by atoms with Crippen LogP contribution in [0.15, 0.2) is 71.6 Å². The van der Waals surface area contributed by atoms with Crippen LogP contribution in [0.3, 0.4) is 0 Å². The van der Waals surface area contributed by atoms with Crippen molar-refractivity contribution in [1.29, 1.82) is 0 Å². The summed E-state index contributed by atoms with van der Waals surface area (Å²) in [6, 6.07) is 16.2. The molecule has 1 aliphatic rings. The van der Waals surface area contributed by atoms with Gasteiger partial charge < -0.3 is 30.2 Å². The fraction of sp³-hybridized carbons (Fsp3) is 0.281. The molecule has 6 rings (SSSR count). The molecule has 3 N–H and O–H groups in total. The number of piperazine rings is 1. The Balaban J connectivity index is 1.39. The normalized spacial score (nSPS) is 13.7. The van der Waals surface area contributed by atoms with Gasteiger partial charge in [-0.3, -0.25) is 4.68 Å². The molecule has 1 aliphatic heterocycles. The molecule has 1 fully saturated rings. The Labute approximate surface area is 265 Å². The van der Waals surface area contributed by atoms with Gasteiger partial charge >= 0.3 is 0 Å². The van der Waals surface area contributed by atoms with Crippen molar-refractivity contribution in [2.24, 2.45) is 7.05 Å². The van der Waals surface area contributed by atoms with Crippen LogP contribution in [-0.2, 0) is 11.6 Å². The predicted molar refractivity (Wildman–Crippen MR) is 184 cm³/mol. The molecule has 10 nitrogen and oxygen atoms in total. The number of anilines is 5. The quantitative estimate of drug-likeness (QED) is 0.154. The van der Waals surface area contributed by atoms with Gasteiger partial charge in [0.1, 0.15) is 18.7 Å². The maximum atomic E-state index is 13.5. The molecule has 12 heteroatoms. The zero-order valence-corrected chi connectivity index (χ0v) is 27.7. The number of ether oxygens (including phenoxy) is 1. The number of nitrogens with zero attached hydrogens (tertiary/aromatic N) is 5. The van der Waals surface area contributed by atoms with Gasteiger partial charge in [0, 0.05) is 73.8 Å². The first kappa shape index (κ1) is 30.1. The lowest BCUT2D eigenvalue weighted by molar-refractivity contribution is 0.342. The molecule has 0 aliphatic carbocycles. The summed E-state index contributed by atoms with van der Waals surface area (Å²) in [6.07, 6.45) is 5.60. The van der Waals surface area contributed by atoms with E-state index in [1.165, 1.54) is 0 Å². The maximum Gasteiger partial charge on any atom is 0.229 e. The zero-order valence-electron chi connectivity index (χ0n) is 25.3. The van der Waals surface area contributed by atoms with Crippen LogP contribution in [0.25, 0.3) is 21.9 Å². The average Bonchev–Trinajstić information content (AvgIpc) is 3.45. The fourth-order valence-corrected chi connectivity index (χ4v) is 7.38. The first-order chi connectivity index (χ1) is 21.2. The Morgan fingerprint density at radius 3 is 2.57 bits per heavy atom. The van der Waals surface area contributed by atoms with Gasteiger partial charge in [0.05, 0.1) is 28.7 Å². The monoisotopic (exact) mass is 674 g/mol. The van der Waals surface area contributed by atoms with E-state index in [1.807, 2.05) is 67.4 Å². The summed E-state index contributed by atoms with van der Waals surface area (Å²) in [5.41, 5.74) is 4.65. The Morgan fingerprint density at radius 1 is 1.05 bits per heavy atom. The van der Waals surface area contributed by atoms with Crippen molar-refractivity contribution < 1.29 is 9.30 Å². The minimum absolute atomic E-state index is 0.391. The number of aryl methyl sites for hydroxylation is 1. The van der Waals surface area contributed by atoms with E-state index in [0.29, 0.717) is 28.6 Å². The van der Waals surface area contributed by atoms with Gasteiger partial charge in [0.2, 0.25) is 5.95 Å². The number of aromatic nitrogens is 4. The van der Waals surface area contributed by atoms with Crippen molar-refractivity contribution in [3.8, 4) is 16.9 Å². The van der Waals surface area contributed by atoms with E-state index in [-0.39, 0.29) is 0 Å². The number of benzene rings is 3. The lowest BCUT2D eigenvalue weighted by Crippen LogP contribution is -2.43. The van der Waals surface area contributed by atoms with E-state index in [2.05, 4.69) is 59.0 Å². The summed E-state index contributed by atoms with van der Waals surface area (Å²) in [7, 11) is -0.733. The summed E-state index contributed by atoms with van der Waals surface area (Å²) in [5, 5.41) is 17.5. The number of fused-ring (bicyclic) bond motifs is 1. The molecule has 0 unspecified atom stereocenters. The molecule has 0 spiro atoms. The average molecular weight is 676 g/mol. The van der Waals surface area contributed by atoms with Crippen molar-refractivity contribution in [2.75, 3.05) is 61.6 Å². The van der Waals surface area contributed by atoms with Crippen LogP contribution >= 0.6 is 23.1 Å². The van der Waals surface area contributed by atoms with Gasteiger partial charge in [-0.05, 0) is 59.1 Å². The highest BCUT2D eigenvalue weighted by Gasteiger charge is 2.23. The second-order valence-corrected chi connectivity index (χ2v) is 15.1. The minimum Gasteiger partial charge on any atom is -0.492 e. The van der Waals surface area contributed by atoms with E-state index < -0.39 is 7.14 Å². The molecule has 0 bridgehead atoms. The topological polar surface area (TPSA) is 109 Å². The van der Waals surface area contributed by atoms with E-state index in [9.17, 15) is 4.57 Å². The summed E-state index contributed by atoms with van der Waals surface area (Å²) in [4.78, 5) is 11.8. The third-order valence-electron chi connectivity index (χ3n) is 7.55. The molecule has 3 heterocycles. The second kappa shape index (κ2) is 12.6. The van der Waals surface area contributed by atoms with Crippen molar-refractivity contribution >= 4 is 68.0 Å². The molecule has 0 saturated carbocycles. The van der Waals surface area contributed by atoms with E-state index in [0.717, 1.165) is 70.4 Å². The van der Waals surface area contributed by atoms with Crippen LogP contribution in [0.5, 0.6) is 5.75 Å². The molecule has 0 atom stereocenters. The molecule has 2 aromatic heterocycles. The summed E-state index contributed by atoms with van der Waals surface area (Å²) >= 11 is 3.61. The number of hydrogen-bond donors (Lipinski definition) is 3. The van der Waals surface area contributed by atoms with E-state index in [4.69, 9.17) is 9.72 Å². The van der Waals surface area contributed by atoms with Crippen LogP contribution in [0, 0.1) is 0 Å². The predicted octanol–water partition coefficient (Wildman–Crippen LogP) is 6.34. The van der Waals surface area contributed by atoms with Gasteiger partial charge in [-0.15, -0.1) is 0 Å². The van der Waals surface area contributed by atoms with Crippen molar-refractivity contribution in [1.82, 2.24) is 25.1 Å². The Morgan fingerprint density at radius 2 is 1.84 bits per heavy atom. The smallest absolute Gasteiger partial charge is 0.229 e. The SMILES string of the molecule is CCOc1cc(N2CCNCC2)c(-c2cnn(C)c2)cc1Nc1ncc(Br)c(Nc2ccc3ccccc3c2P(C)(C)=O)n1. The number of nitrogens with one attached hydrogen (secondary N) is 3.